The molecule has 3 aromatic carbocycles. The predicted molar refractivity (Wildman–Crippen MR) is 342 cm³/mol. The monoisotopic (exact) mass is 1320 g/mol. The van der Waals surface area contributed by atoms with Crippen LogP contribution in [0.5, 0.6) is 5.75 Å². The van der Waals surface area contributed by atoms with Gasteiger partial charge in [-0.3, -0.25) is 43.2 Å². The van der Waals surface area contributed by atoms with Gasteiger partial charge < -0.3 is 123 Å². The Morgan fingerprint density at radius 3 is 1.33 bits per heavy atom. The zero-order valence-corrected chi connectivity index (χ0v) is 52.3. The molecule has 0 aliphatic carbocycles. The minimum absolute atomic E-state index is 0.160. The molecule has 32 nitrogen and oxygen atoms in total. The number of hydrogen-bond donors (Lipinski definition) is 23. The van der Waals surface area contributed by atoms with Crippen LogP contribution in [0, 0.1) is 5.92 Å². The van der Waals surface area contributed by atoms with E-state index in [1.807, 2.05) is 80.9 Å². The van der Waals surface area contributed by atoms with Crippen molar-refractivity contribution in [3.05, 3.63) is 102 Å². The van der Waals surface area contributed by atoms with Crippen molar-refractivity contribution >= 4 is 76.4 Å². The smallest absolute Gasteiger partial charge is 0.323 e. The Hall–Kier alpha value is -7.90. The number of para-hydroxylation sites is 1. The summed E-state index contributed by atoms with van der Waals surface area (Å²) in [5.74, 6) is -7.46. The van der Waals surface area contributed by atoms with E-state index >= 15 is 0 Å². The molecule has 32 N–H and O–H groups in total. The van der Waals surface area contributed by atoms with Crippen molar-refractivity contribution in [2.24, 2.45) is 57.5 Å². The van der Waals surface area contributed by atoms with Crippen LogP contribution in [0.15, 0.2) is 85.1 Å². The van der Waals surface area contributed by atoms with E-state index < -0.39 is 115 Å². The van der Waals surface area contributed by atoms with Gasteiger partial charge in [0, 0.05) is 23.5 Å². The van der Waals surface area contributed by atoms with Crippen molar-refractivity contribution in [2.45, 2.75) is 145 Å². The number of fused-ring (bicyclic) bond motifs is 1. The van der Waals surface area contributed by atoms with Crippen molar-refractivity contribution in [2.75, 3.05) is 31.7 Å². The number of aliphatic hydroxyl groups excluding tert-OH is 2. The van der Waals surface area contributed by atoms with Crippen LogP contribution in [0.1, 0.15) is 82.4 Å². The quantitative estimate of drug-likeness (QED) is 0.0343. The maximum atomic E-state index is 10.6. The number of rotatable bonds is 26. The molecule has 0 radical (unpaired) electrons. The number of aromatic nitrogens is 1. The van der Waals surface area contributed by atoms with E-state index in [0.717, 1.165) is 65.6 Å². The van der Waals surface area contributed by atoms with Crippen LogP contribution in [-0.2, 0) is 62.4 Å². The highest BCUT2D eigenvalue weighted by Gasteiger charge is 2.21. The van der Waals surface area contributed by atoms with Gasteiger partial charge in [0.15, 0.2) is 0 Å². The van der Waals surface area contributed by atoms with E-state index in [0.29, 0.717) is 44.6 Å². The third kappa shape index (κ3) is 48.6. The van der Waals surface area contributed by atoms with E-state index in [4.69, 9.17) is 113 Å². The molecule has 4 aromatic rings. The molecule has 1 aliphatic heterocycles. The number of thioether (sulfide) groups is 1. The van der Waals surface area contributed by atoms with Crippen LogP contribution in [0.25, 0.3) is 10.9 Å². The summed E-state index contributed by atoms with van der Waals surface area (Å²) in [6.07, 6.45) is 8.82. The fourth-order valence-electron chi connectivity index (χ4n) is 6.34. The third-order valence-corrected chi connectivity index (χ3v) is 12.4. The molecular weight excluding hydrogens is 1220 g/mol. The van der Waals surface area contributed by atoms with Crippen molar-refractivity contribution < 1.29 is 104 Å². The second kappa shape index (κ2) is 52.8. The van der Waals surface area contributed by atoms with E-state index in [9.17, 15) is 43.2 Å². The van der Waals surface area contributed by atoms with Crippen molar-refractivity contribution in [1.82, 2.24) is 10.3 Å². The van der Waals surface area contributed by atoms with E-state index in [2.05, 4.69) is 10.3 Å². The predicted octanol–water partition coefficient (Wildman–Crippen LogP) is -0.774. The number of carbonyl (C=O) groups is 9. The Morgan fingerprint density at radius 1 is 0.549 bits per heavy atom. The topological polar surface area (TPSA) is 658 Å². The highest BCUT2D eigenvalue weighted by atomic mass is 32.2. The summed E-state index contributed by atoms with van der Waals surface area (Å²) >= 11 is 1.60. The number of nitrogens with two attached hydrogens (primary N) is 9. The molecule has 1 saturated heterocycles. The second-order valence-corrected chi connectivity index (χ2v) is 21.2. The zero-order chi connectivity index (χ0) is 70.9. The summed E-state index contributed by atoms with van der Waals surface area (Å²) < 4.78 is 0. The number of H-pyrrole nitrogens is 1. The first kappa shape index (κ1) is 89.5. The lowest BCUT2D eigenvalue weighted by molar-refractivity contribution is -0.141. The van der Waals surface area contributed by atoms with Gasteiger partial charge in [-0.2, -0.15) is 11.8 Å². The number of benzene rings is 3. The number of aromatic hydroxyl groups is 1. The number of phenols is 1. The Labute approximate surface area is 531 Å². The largest absolute Gasteiger partial charge is 0.508 e. The summed E-state index contributed by atoms with van der Waals surface area (Å²) in [6.45, 7) is 6.18. The van der Waals surface area contributed by atoms with Crippen LogP contribution in [0.3, 0.4) is 0 Å². The average molecular weight is 1320 g/mol. The highest BCUT2D eigenvalue weighted by molar-refractivity contribution is 7.98. The summed E-state index contributed by atoms with van der Waals surface area (Å²) in [4.78, 5) is 94.4. The number of carboxylic acids is 9. The molecular formula is C58H97N11O21S. The Balaban J connectivity index is -0.000000473. The number of carboxylic acid groups (broad SMARTS) is 9. The van der Waals surface area contributed by atoms with Crippen LogP contribution in [0.4, 0.5) is 0 Å². The van der Waals surface area contributed by atoms with Gasteiger partial charge in [-0.25, -0.2) is 0 Å². The highest BCUT2D eigenvalue weighted by Crippen LogP contribution is 2.19. The minimum Gasteiger partial charge on any atom is -0.508 e. The first-order valence-corrected chi connectivity index (χ1v) is 29.5. The molecule has 10 atom stereocenters. The maximum absolute atomic E-state index is 10.6. The van der Waals surface area contributed by atoms with Gasteiger partial charge in [-0.1, -0.05) is 80.9 Å². The first-order valence-electron chi connectivity index (χ1n) is 28.1. The number of aliphatic hydroxyl groups is 2. The molecule has 33 heteroatoms. The van der Waals surface area contributed by atoms with Crippen LogP contribution in [0.2, 0.25) is 0 Å². The Morgan fingerprint density at radius 2 is 0.989 bits per heavy atom. The standard InChI is InChI=1S/C11H12N2O2.C9H11NO3.C9H11NO2.C6H14N2O2.C6H13NO2.C5H11NO2S.C5H9NO2.C4H9NO3.C3H7NO3/c12-9(11(14)15)5-7-6-13-10-4-2-1-3-8(7)10;10-8(9(12)13)5-6-1-3-7(11)4-2-6;10-8(9(11)12)6-7-4-2-1-3-5-7;7-4-2-1-3-5(8)6(9)10;1-4(2)3-5(7)6(8)9;1-9-3-2-4(6)5(7)8;7-5(8)4-2-1-3-6-4;1-2(6)3(5)4(7)8;4-2(1-5)3(6)7/h1-4,6,9,13H,5,12H2,(H,14,15);1-4,8,11H,5,10H2,(H,12,13);1-5,8H,6,10H2,(H,11,12);5H,1-4,7-8H2,(H,9,10);4-5H,3,7H2,1-2H3,(H,8,9);4H,2-3,6H2,1H3,(H,7,8);4,6H,1-3H2,(H,7,8);2-3,6H,5H2,1H3,(H,7,8);2,5H,1,4H2,(H,6,7)/t9-;2*8-;2*5-;2*4-;2-,3+;2-/m000000010/s1. The van der Waals surface area contributed by atoms with Crippen molar-refractivity contribution in [3.8, 4) is 5.75 Å². The molecule has 0 amide bonds. The van der Waals surface area contributed by atoms with E-state index in [1.165, 1.54) is 19.1 Å². The average Bonchev–Trinajstić information content (AvgIpc) is 1.75. The van der Waals surface area contributed by atoms with Crippen LogP contribution < -0.4 is 56.9 Å². The van der Waals surface area contributed by atoms with Gasteiger partial charge in [0.2, 0.25) is 0 Å². The number of aromatic amines is 1. The van der Waals surface area contributed by atoms with E-state index in [-0.39, 0.29) is 18.2 Å². The van der Waals surface area contributed by atoms with Gasteiger partial charge >= 0.3 is 53.7 Å². The van der Waals surface area contributed by atoms with Gasteiger partial charge in [0.25, 0.3) is 0 Å². The molecule has 0 bridgehead atoms. The number of nitrogens with one attached hydrogen (secondary N) is 2. The zero-order valence-electron chi connectivity index (χ0n) is 51.5. The first-order chi connectivity index (χ1) is 42.4. The lowest BCUT2D eigenvalue weighted by atomic mass is 10.1. The SMILES string of the molecule is CC(C)C[C@H](N)C(=O)O.CSCC[C@H](N)C(=O)O.C[C@@H](O)[C@H](N)C(=O)O.NCCCC[C@H](N)C(=O)O.N[C@@H](CO)C(=O)O.N[C@@H](Cc1c[nH]c2ccccc12)C(=O)O.N[C@@H](Cc1ccc(O)cc1)C(=O)O.N[C@@H](Cc1ccccc1)C(=O)O.O=C(O)[C@@H]1CCCN1. The molecule has 1 fully saturated rings. The lowest BCUT2D eigenvalue weighted by Gasteiger charge is -2.07. The fourth-order valence-corrected chi connectivity index (χ4v) is 6.83. The summed E-state index contributed by atoms with van der Waals surface area (Å²) in [6, 6.07) is 16.2. The molecule has 0 unspecified atom stereocenters. The van der Waals surface area contributed by atoms with Crippen molar-refractivity contribution in [1.29, 1.82) is 0 Å². The summed E-state index contributed by atoms with van der Waals surface area (Å²) in [7, 11) is 0. The van der Waals surface area contributed by atoms with Gasteiger partial charge in [-0.15, -0.1) is 0 Å². The molecule has 0 saturated carbocycles. The molecule has 1 aliphatic rings. The maximum Gasteiger partial charge on any atom is 0.323 e. The number of unbranched alkanes of at least 4 members (excludes halogenated alkanes) is 1. The van der Waals surface area contributed by atoms with E-state index in [1.54, 1.807) is 23.9 Å². The van der Waals surface area contributed by atoms with Crippen LogP contribution >= 0.6 is 11.8 Å². The second-order valence-electron chi connectivity index (χ2n) is 20.2. The van der Waals surface area contributed by atoms with Gasteiger partial charge in [0.1, 0.15) is 60.1 Å². The fraction of sp³-hybridized carbons (Fsp3) is 0.500. The number of hydrogen-bond acceptors (Lipinski definition) is 23. The van der Waals surface area contributed by atoms with Gasteiger partial charge in [-0.05, 0) is 124 Å². The molecule has 91 heavy (non-hydrogen) atoms. The molecule has 5 rings (SSSR count). The van der Waals surface area contributed by atoms with Crippen LogP contribution in [-0.4, -0.2) is 212 Å². The summed E-state index contributed by atoms with van der Waals surface area (Å²) in [5, 5.41) is 104. The third-order valence-electron chi connectivity index (χ3n) is 11.7. The Bertz CT molecular complexity index is 2660. The van der Waals surface area contributed by atoms with Crippen molar-refractivity contribution in [3.63, 3.8) is 0 Å². The molecule has 2 heterocycles. The Kier molecular flexibility index (Phi) is 52.0. The lowest BCUT2D eigenvalue weighted by Crippen LogP contribution is -2.39. The van der Waals surface area contributed by atoms with Gasteiger partial charge in [0.05, 0.1) is 12.7 Å². The molecule has 0 spiro atoms. The number of phenolic OH excluding ortho intramolecular Hbond substituents is 1. The minimum atomic E-state index is -1.18. The number of aliphatic carboxylic acids is 9. The molecule has 516 valence electrons. The molecule has 1 aromatic heterocycles. The summed E-state index contributed by atoms with van der Waals surface area (Å²) in [5.41, 5.74) is 50.4. The normalized spacial score (nSPS) is 14.7.